The quantitative estimate of drug-likeness (QED) is 0.0261. The topological polar surface area (TPSA) is 78.9 Å². The summed E-state index contributed by atoms with van der Waals surface area (Å²) >= 11 is 0. The Morgan fingerprint density at radius 3 is 0.944 bits per heavy atom. The average Bonchev–Trinajstić information content (AvgIpc) is 3.37. The van der Waals surface area contributed by atoms with Crippen LogP contribution in [-0.2, 0) is 28.6 Å². The van der Waals surface area contributed by atoms with E-state index in [9.17, 15) is 14.4 Å². The predicted octanol–water partition coefficient (Wildman–Crippen LogP) is 19.9. The molecule has 0 saturated heterocycles. The molecule has 0 N–H and O–H groups in total. The van der Waals surface area contributed by atoms with Crippen LogP contribution in [0.2, 0.25) is 0 Å². The largest absolute Gasteiger partial charge is 0.462 e. The highest BCUT2D eigenvalue weighted by molar-refractivity contribution is 5.71. The van der Waals surface area contributed by atoms with Gasteiger partial charge in [-0.2, -0.15) is 0 Å². The van der Waals surface area contributed by atoms with Crippen molar-refractivity contribution in [1.82, 2.24) is 0 Å². The highest BCUT2D eigenvalue weighted by atomic mass is 16.6. The van der Waals surface area contributed by atoms with Crippen LogP contribution in [0.15, 0.2) is 109 Å². The molecule has 0 radical (unpaired) electrons. The minimum atomic E-state index is -0.817. The van der Waals surface area contributed by atoms with Crippen LogP contribution in [-0.4, -0.2) is 37.2 Å². The van der Waals surface area contributed by atoms with Crippen LogP contribution in [0.1, 0.15) is 265 Å². The summed E-state index contributed by atoms with van der Waals surface area (Å²) in [6.45, 7) is 6.44. The van der Waals surface area contributed by atoms with E-state index in [0.717, 1.165) is 103 Å². The van der Waals surface area contributed by atoms with Crippen molar-refractivity contribution in [3.8, 4) is 0 Å². The van der Waals surface area contributed by atoms with E-state index < -0.39 is 6.10 Å². The first-order valence-electron chi connectivity index (χ1n) is 29.4. The molecule has 0 bridgehead atoms. The Kier molecular flexibility index (Phi) is 55.4. The molecular weight excluding hydrogens is 877 g/mol. The van der Waals surface area contributed by atoms with E-state index in [1.54, 1.807) is 0 Å². The molecule has 0 aliphatic rings. The summed E-state index contributed by atoms with van der Waals surface area (Å²) in [5.41, 5.74) is 0. The first-order chi connectivity index (χ1) is 35.0. The molecule has 404 valence electrons. The molecule has 0 aromatic rings. The van der Waals surface area contributed by atoms with Crippen molar-refractivity contribution < 1.29 is 28.6 Å². The normalized spacial score (nSPS) is 12.9. The van der Waals surface area contributed by atoms with Gasteiger partial charge in [-0.3, -0.25) is 14.4 Å². The maximum absolute atomic E-state index is 12.8. The SMILES string of the molecule is CC/C=C\C/C=C\C/C=C\C/C=C\CCCCCCCCC(=O)OCC(COC(=O)CCCCCCCCC/C=C\CCCCCCCC)OC(=O)CCC/C=C\C/C=C\C/C=C\C/C=C\CCCCC. The fourth-order valence-corrected chi connectivity index (χ4v) is 7.83. The van der Waals surface area contributed by atoms with Crippen molar-refractivity contribution in [1.29, 1.82) is 0 Å². The van der Waals surface area contributed by atoms with E-state index in [0.29, 0.717) is 19.3 Å². The molecule has 1 atom stereocenters. The first kappa shape index (κ1) is 67.1. The maximum Gasteiger partial charge on any atom is 0.306 e. The van der Waals surface area contributed by atoms with Gasteiger partial charge in [0.15, 0.2) is 6.10 Å². The van der Waals surface area contributed by atoms with E-state index in [2.05, 4.69) is 130 Å². The zero-order valence-electron chi connectivity index (χ0n) is 46.2. The van der Waals surface area contributed by atoms with Crippen LogP contribution < -0.4 is 0 Å². The van der Waals surface area contributed by atoms with Gasteiger partial charge in [0.1, 0.15) is 13.2 Å². The first-order valence-corrected chi connectivity index (χ1v) is 29.4. The number of carbonyl (C=O) groups excluding carboxylic acids is 3. The van der Waals surface area contributed by atoms with Crippen molar-refractivity contribution in [3.63, 3.8) is 0 Å². The lowest BCUT2D eigenvalue weighted by Crippen LogP contribution is -2.30. The van der Waals surface area contributed by atoms with Crippen molar-refractivity contribution in [2.24, 2.45) is 0 Å². The highest BCUT2D eigenvalue weighted by Crippen LogP contribution is 2.14. The summed E-state index contributed by atoms with van der Waals surface area (Å²) in [5, 5.41) is 0. The van der Waals surface area contributed by atoms with Crippen molar-refractivity contribution >= 4 is 17.9 Å². The third-order valence-electron chi connectivity index (χ3n) is 12.2. The number of carbonyl (C=O) groups is 3. The lowest BCUT2D eigenvalue weighted by molar-refractivity contribution is -0.167. The average molecular weight is 986 g/mol. The van der Waals surface area contributed by atoms with Crippen LogP contribution in [0.25, 0.3) is 0 Å². The van der Waals surface area contributed by atoms with Crippen LogP contribution in [0, 0.1) is 0 Å². The van der Waals surface area contributed by atoms with Gasteiger partial charge in [-0.25, -0.2) is 0 Å². The van der Waals surface area contributed by atoms with Crippen LogP contribution in [0.4, 0.5) is 0 Å². The second kappa shape index (κ2) is 58.6. The molecule has 0 spiro atoms. The molecule has 0 amide bonds. The zero-order valence-corrected chi connectivity index (χ0v) is 46.2. The Hall–Kier alpha value is -3.93. The van der Waals surface area contributed by atoms with E-state index >= 15 is 0 Å². The Balaban J connectivity index is 4.51. The Labute approximate surface area is 438 Å². The zero-order chi connectivity index (χ0) is 51.4. The molecular formula is C65H108O6. The smallest absolute Gasteiger partial charge is 0.306 e. The minimum Gasteiger partial charge on any atom is -0.462 e. The molecule has 6 heteroatoms. The van der Waals surface area contributed by atoms with Gasteiger partial charge in [0, 0.05) is 19.3 Å². The van der Waals surface area contributed by atoms with E-state index in [1.807, 2.05) is 0 Å². The van der Waals surface area contributed by atoms with Gasteiger partial charge in [0.25, 0.3) is 0 Å². The number of ether oxygens (including phenoxy) is 3. The molecule has 0 aromatic carbocycles. The summed E-state index contributed by atoms with van der Waals surface area (Å²) in [6.07, 6.45) is 79.4. The predicted molar refractivity (Wildman–Crippen MR) is 307 cm³/mol. The van der Waals surface area contributed by atoms with E-state index in [4.69, 9.17) is 14.2 Å². The Morgan fingerprint density at radius 1 is 0.296 bits per heavy atom. The monoisotopic (exact) mass is 985 g/mol. The lowest BCUT2D eigenvalue weighted by atomic mass is 10.1. The molecule has 0 aliphatic carbocycles. The minimum absolute atomic E-state index is 0.108. The second-order valence-corrected chi connectivity index (χ2v) is 19.2. The summed E-state index contributed by atoms with van der Waals surface area (Å²) < 4.78 is 16.8. The number of allylic oxidation sites excluding steroid dienone is 18. The summed E-state index contributed by atoms with van der Waals surface area (Å²) in [5.74, 6) is -0.981. The fourth-order valence-electron chi connectivity index (χ4n) is 7.83. The van der Waals surface area contributed by atoms with Gasteiger partial charge in [0.2, 0.25) is 0 Å². The number of unbranched alkanes of at least 4 members (excludes halogenated alkanes) is 23. The third kappa shape index (κ3) is 56.9. The summed E-state index contributed by atoms with van der Waals surface area (Å²) in [7, 11) is 0. The van der Waals surface area contributed by atoms with E-state index in [1.165, 1.54) is 116 Å². The summed E-state index contributed by atoms with van der Waals surface area (Å²) in [6, 6.07) is 0. The number of rotatable bonds is 52. The van der Waals surface area contributed by atoms with Crippen molar-refractivity contribution in [2.45, 2.75) is 271 Å². The van der Waals surface area contributed by atoms with Crippen LogP contribution in [0.5, 0.6) is 0 Å². The lowest BCUT2D eigenvalue weighted by Gasteiger charge is -2.18. The molecule has 6 nitrogen and oxygen atoms in total. The molecule has 0 heterocycles. The molecule has 0 aromatic heterocycles. The molecule has 0 fully saturated rings. The van der Waals surface area contributed by atoms with Crippen LogP contribution >= 0.6 is 0 Å². The van der Waals surface area contributed by atoms with Gasteiger partial charge in [-0.15, -0.1) is 0 Å². The molecule has 0 rings (SSSR count). The van der Waals surface area contributed by atoms with Gasteiger partial charge < -0.3 is 14.2 Å². The summed E-state index contributed by atoms with van der Waals surface area (Å²) in [4.78, 5) is 38.2. The standard InChI is InChI=1S/C65H108O6/c1-4-7-10-13-16-19-22-25-28-31-32-35-37-40-43-46-49-52-55-58-64(67)70-61-62(71-65(68)59-56-53-50-47-44-41-38-34-30-27-24-21-18-15-12-9-6-3)60-69-63(66)57-54-51-48-45-42-39-36-33-29-26-23-20-17-14-11-8-5-2/h7,10,16,18-19,21,25-30,32,35,38,41,47,50,62H,4-6,8-9,11-15,17,20,22-24,31,33-34,36-37,39-40,42-46,48-49,51-61H2,1-3H3/b10-7-,19-16-,21-18-,28-25-,29-26-,30-27-,35-32-,41-38-,50-47-. The van der Waals surface area contributed by atoms with Gasteiger partial charge >= 0.3 is 17.9 Å². The molecule has 0 aliphatic heterocycles. The van der Waals surface area contributed by atoms with Crippen molar-refractivity contribution in [3.05, 3.63) is 109 Å². The number of hydrogen-bond donors (Lipinski definition) is 0. The Bertz CT molecular complexity index is 1460. The maximum atomic E-state index is 12.8. The van der Waals surface area contributed by atoms with Crippen LogP contribution in [0.3, 0.4) is 0 Å². The molecule has 0 saturated carbocycles. The second-order valence-electron chi connectivity index (χ2n) is 19.2. The molecule has 1 unspecified atom stereocenters. The van der Waals surface area contributed by atoms with Gasteiger partial charge in [-0.05, 0) is 122 Å². The number of esters is 3. The van der Waals surface area contributed by atoms with E-state index in [-0.39, 0.29) is 37.5 Å². The van der Waals surface area contributed by atoms with Crippen molar-refractivity contribution in [2.75, 3.05) is 13.2 Å². The third-order valence-corrected chi connectivity index (χ3v) is 12.2. The number of hydrogen-bond acceptors (Lipinski definition) is 6. The fraction of sp³-hybridized carbons (Fsp3) is 0.677. The van der Waals surface area contributed by atoms with Gasteiger partial charge in [-0.1, -0.05) is 233 Å². The Morgan fingerprint density at radius 2 is 0.563 bits per heavy atom. The van der Waals surface area contributed by atoms with Gasteiger partial charge in [0.05, 0.1) is 0 Å². The highest BCUT2D eigenvalue weighted by Gasteiger charge is 2.19. The molecule has 71 heavy (non-hydrogen) atoms.